The summed E-state index contributed by atoms with van der Waals surface area (Å²) >= 11 is 2.83. The number of amidine groups is 1. The highest BCUT2D eigenvalue weighted by molar-refractivity contribution is 8.04. The number of hydrogen-bond acceptors (Lipinski definition) is 8. The van der Waals surface area contributed by atoms with Gasteiger partial charge in [0, 0.05) is 28.8 Å². The van der Waals surface area contributed by atoms with Crippen molar-refractivity contribution in [3.8, 4) is 0 Å². The molecule has 10 heteroatoms. The quantitative estimate of drug-likeness (QED) is 0.408. The van der Waals surface area contributed by atoms with Gasteiger partial charge in [-0.15, -0.1) is 11.3 Å². The van der Waals surface area contributed by atoms with E-state index in [2.05, 4.69) is 4.90 Å². The Morgan fingerprint density at radius 2 is 2.21 bits per heavy atom. The topological polar surface area (TPSA) is 121 Å². The summed E-state index contributed by atoms with van der Waals surface area (Å²) in [6.45, 7) is 6.23. The fraction of sp³-hybridized carbons (Fsp3) is 0.632. The molecule has 1 aromatic rings. The van der Waals surface area contributed by atoms with E-state index >= 15 is 0 Å². The minimum Gasteiger partial charge on any atom is -0.477 e. The Morgan fingerprint density at radius 1 is 1.48 bits per heavy atom. The average Bonchev–Trinajstić information content (AvgIpc) is 3.33. The summed E-state index contributed by atoms with van der Waals surface area (Å²) in [4.78, 5) is 21.0. The number of aliphatic hydroxyl groups is 2. The second-order valence-corrected chi connectivity index (χ2v) is 10.2. The van der Waals surface area contributed by atoms with Gasteiger partial charge in [-0.2, -0.15) is 0 Å². The number of thiazole rings is 1. The van der Waals surface area contributed by atoms with Gasteiger partial charge in [0.25, 0.3) is 0 Å². The van der Waals surface area contributed by atoms with Gasteiger partial charge in [0.15, 0.2) is 4.34 Å². The zero-order valence-corrected chi connectivity index (χ0v) is 18.2. The smallest absolute Gasteiger partial charge is 0.353 e. The maximum atomic E-state index is 12.0. The molecule has 8 nitrogen and oxygen atoms in total. The van der Waals surface area contributed by atoms with Crippen LogP contribution in [0.1, 0.15) is 45.3 Å². The molecule has 0 bridgehead atoms. The van der Waals surface area contributed by atoms with Crippen LogP contribution in [-0.2, 0) is 4.79 Å². The van der Waals surface area contributed by atoms with Crippen molar-refractivity contribution in [2.24, 2.45) is 11.8 Å². The number of aromatic nitrogens is 1. The van der Waals surface area contributed by atoms with Gasteiger partial charge in [0.05, 0.1) is 29.6 Å². The number of hydrogen-bond donors (Lipinski definition) is 4. The first-order chi connectivity index (χ1) is 13.7. The molecule has 2 saturated heterocycles. The van der Waals surface area contributed by atoms with Gasteiger partial charge in [-0.05, 0) is 26.7 Å². The van der Waals surface area contributed by atoms with Crippen molar-refractivity contribution in [3.05, 3.63) is 21.7 Å². The van der Waals surface area contributed by atoms with Crippen LogP contribution in [0.3, 0.4) is 0 Å². The zero-order chi connectivity index (χ0) is 21.0. The van der Waals surface area contributed by atoms with E-state index in [4.69, 9.17) is 10.4 Å². The average molecular weight is 439 g/mol. The maximum absolute atomic E-state index is 12.0. The Morgan fingerprint density at radius 3 is 2.83 bits per heavy atom. The van der Waals surface area contributed by atoms with Crippen molar-refractivity contribution in [2.75, 3.05) is 6.54 Å². The highest BCUT2D eigenvalue weighted by atomic mass is 32.2. The molecule has 4 N–H and O–H groups in total. The number of carboxylic acid groups (broad SMARTS) is 1. The van der Waals surface area contributed by atoms with Crippen LogP contribution in [0.2, 0.25) is 0 Å². The molecular formula is C19H26N4O4S2. The van der Waals surface area contributed by atoms with Gasteiger partial charge in [-0.1, -0.05) is 18.7 Å². The van der Waals surface area contributed by atoms with Gasteiger partial charge in [0.2, 0.25) is 0 Å². The number of rotatable bonds is 5. The molecule has 0 radical (unpaired) electrons. The second kappa shape index (κ2) is 7.57. The second-order valence-electron chi connectivity index (χ2n) is 8.01. The molecule has 29 heavy (non-hydrogen) atoms. The third kappa shape index (κ3) is 3.26. The standard InChI is InChI=1S/C19H26N4O4S2/c1-8-14-13(9(2)24)17(25)23(14)15(18(26)27)16(8)29-19-21-11(7-28-19)12-5-4-6-22(12)10(3)20/h7-9,12-14,17,20,24-25H,4-6H2,1-3H3,(H,26,27)/t8-,9-,12+,13-,14?,17?/m1/s1. The normalized spacial score (nSPS) is 32.4. The van der Waals surface area contributed by atoms with Crippen molar-refractivity contribution in [3.63, 3.8) is 0 Å². The van der Waals surface area contributed by atoms with E-state index in [-0.39, 0.29) is 29.6 Å². The van der Waals surface area contributed by atoms with Crippen LogP contribution in [0.25, 0.3) is 0 Å². The van der Waals surface area contributed by atoms with Gasteiger partial charge >= 0.3 is 5.97 Å². The van der Waals surface area contributed by atoms with Gasteiger partial charge < -0.3 is 25.1 Å². The molecule has 3 aliphatic rings. The lowest BCUT2D eigenvalue weighted by atomic mass is 9.78. The Kier molecular flexibility index (Phi) is 5.39. The van der Waals surface area contributed by atoms with E-state index in [0.717, 1.165) is 29.4 Å². The van der Waals surface area contributed by atoms with Crippen LogP contribution in [0.5, 0.6) is 0 Å². The number of fused-ring (bicyclic) bond motifs is 1. The molecule has 6 atom stereocenters. The number of carboxylic acids is 1. The van der Waals surface area contributed by atoms with Crippen molar-refractivity contribution < 1.29 is 20.1 Å². The molecule has 0 aromatic carbocycles. The fourth-order valence-electron chi connectivity index (χ4n) is 4.91. The molecule has 2 fully saturated rings. The Hall–Kier alpha value is -1.62. The molecule has 2 unspecified atom stereocenters. The lowest BCUT2D eigenvalue weighted by Gasteiger charge is -2.53. The summed E-state index contributed by atoms with van der Waals surface area (Å²) < 4.78 is 0.765. The van der Waals surface area contributed by atoms with E-state index in [0.29, 0.717) is 10.7 Å². The molecule has 0 saturated carbocycles. The summed E-state index contributed by atoms with van der Waals surface area (Å²) in [7, 11) is 0. The van der Waals surface area contributed by atoms with Crippen LogP contribution in [-0.4, -0.2) is 66.8 Å². The Balaban J connectivity index is 1.59. The summed E-state index contributed by atoms with van der Waals surface area (Å²) in [5.74, 6) is -1.01. The molecular weight excluding hydrogens is 412 g/mol. The number of thioether (sulfide) groups is 1. The summed E-state index contributed by atoms with van der Waals surface area (Å²) in [6.07, 6.45) is 0.293. The maximum Gasteiger partial charge on any atom is 0.353 e. The Labute approximate surface area is 177 Å². The van der Waals surface area contributed by atoms with Crippen molar-refractivity contribution >= 4 is 34.9 Å². The van der Waals surface area contributed by atoms with Crippen LogP contribution in [0.4, 0.5) is 0 Å². The number of nitrogens with one attached hydrogen (secondary N) is 1. The third-order valence-corrected chi connectivity index (χ3v) is 8.49. The van der Waals surface area contributed by atoms with Crippen molar-refractivity contribution in [1.29, 1.82) is 5.41 Å². The number of aliphatic carboxylic acids is 1. The van der Waals surface area contributed by atoms with Crippen LogP contribution >= 0.6 is 23.1 Å². The fourth-order valence-corrected chi connectivity index (χ4v) is 7.06. The lowest BCUT2D eigenvalue weighted by Crippen LogP contribution is -2.66. The first-order valence-electron chi connectivity index (χ1n) is 9.79. The van der Waals surface area contributed by atoms with Crippen LogP contribution in [0, 0.1) is 17.2 Å². The third-order valence-electron chi connectivity index (χ3n) is 6.25. The van der Waals surface area contributed by atoms with E-state index in [9.17, 15) is 20.1 Å². The first kappa shape index (κ1) is 20.6. The minimum atomic E-state index is -1.07. The molecule has 3 aliphatic heterocycles. The molecule has 0 amide bonds. The van der Waals surface area contributed by atoms with Gasteiger partial charge in [-0.3, -0.25) is 5.41 Å². The van der Waals surface area contributed by atoms with Gasteiger partial charge in [-0.25, -0.2) is 9.78 Å². The van der Waals surface area contributed by atoms with E-state index in [1.165, 1.54) is 28.0 Å². The number of nitrogens with zero attached hydrogens (tertiary/aromatic N) is 3. The number of likely N-dealkylation sites (tertiary alicyclic amines) is 1. The lowest BCUT2D eigenvalue weighted by molar-refractivity contribution is -0.192. The predicted octanol–water partition coefficient (Wildman–Crippen LogP) is 2.31. The first-order valence-corrected chi connectivity index (χ1v) is 11.5. The summed E-state index contributed by atoms with van der Waals surface area (Å²) in [5.41, 5.74) is 1.04. The minimum absolute atomic E-state index is 0.105. The SMILES string of the molecule is CC(=N)N1CCC[C@H]1c1csc(SC2=C(C(=O)O)N3C(O)[C@H]([C@@H](C)O)C3[C@H]2C)n1. The number of aliphatic hydroxyl groups excluding tert-OH is 2. The van der Waals surface area contributed by atoms with Crippen LogP contribution < -0.4 is 0 Å². The largest absolute Gasteiger partial charge is 0.477 e. The van der Waals surface area contributed by atoms with E-state index in [1.807, 2.05) is 12.3 Å². The summed E-state index contributed by atoms with van der Waals surface area (Å²) in [6, 6.07) is -0.114. The number of carbonyl (C=O) groups is 1. The zero-order valence-electron chi connectivity index (χ0n) is 16.6. The summed E-state index contributed by atoms with van der Waals surface area (Å²) in [5, 5.41) is 40.2. The predicted molar refractivity (Wildman–Crippen MR) is 111 cm³/mol. The van der Waals surface area contributed by atoms with Crippen LogP contribution in [0.15, 0.2) is 20.3 Å². The molecule has 158 valence electrons. The van der Waals surface area contributed by atoms with E-state index < -0.39 is 18.3 Å². The van der Waals surface area contributed by atoms with Gasteiger partial charge in [0.1, 0.15) is 11.9 Å². The highest BCUT2D eigenvalue weighted by Gasteiger charge is 2.59. The highest BCUT2D eigenvalue weighted by Crippen LogP contribution is 2.54. The van der Waals surface area contributed by atoms with E-state index in [1.54, 1.807) is 13.8 Å². The monoisotopic (exact) mass is 438 g/mol. The molecule has 1 aromatic heterocycles. The Bertz CT molecular complexity index is 870. The molecule has 0 spiro atoms. The molecule has 4 heterocycles. The molecule has 0 aliphatic carbocycles. The molecule has 4 rings (SSSR count). The van der Waals surface area contributed by atoms with Crippen molar-refractivity contribution in [1.82, 2.24) is 14.8 Å². The van der Waals surface area contributed by atoms with Crippen molar-refractivity contribution in [2.45, 2.75) is 62.4 Å².